The third kappa shape index (κ3) is 5.27. The fourth-order valence-electron chi connectivity index (χ4n) is 5.44. The molecule has 2 amide bonds. The number of amides is 2. The summed E-state index contributed by atoms with van der Waals surface area (Å²) >= 11 is 0. The van der Waals surface area contributed by atoms with Crippen LogP contribution in [0.15, 0.2) is 12.7 Å². The van der Waals surface area contributed by atoms with Crippen LogP contribution >= 0.6 is 0 Å². The van der Waals surface area contributed by atoms with Crippen LogP contribution in [0.4, 0.5) is 10.6 Å². The lowest BCUT2D eigenvalue weighted by molar-refractivity contribution is -0.148. The predicted octanol–water partition coefficient (Wildman–Crippen LogP) is 3.02. The van der Waals surface area contributed by atoms with Crippen molar-refractivity contribution in [1.29, 1.82) is 5.26 Å². The van der Waals surface area contributed by atoms with Gasteiger partial charge in [0, 0.05) is 31.1 Å². The average Bonchev–Trinajstić information content (AvgIpc) is 2.91. The molecule has 0 spiro atoms. The Morgan fingerprint density at radius 2 is 2.09 bits per heavy atom. The second kappa shape index (κ2) is 11.5. The van der Waals surface area contributed by atoms with E-state index in [9.17, 15) is 14.9 Å². The molecular formula is C26H35N5O4. The van der Waals surface area contributed by atoms with Gasteiger partial charge in [-0.2, -0.15) is 5.26 Å². The summed E-state index contributed by atoms with van der Waals surface area (Å²) in [5, 5.41) is 12.9. The van der Waals surface area contributed by atoms with Crippen molar-refractivity contribution in [2.75, 3.05) is 44.3 Å². The van der Waals surface area contributed by atoms with Crippen LogP contribution in [0.2, 0.25) is 0 Å². The Morgan fingerprint density at radius 3 is 2.80 bits per heavy atom. The van der Waals surface area contributed by atoms with Crippen LogP contribution < -0.4 is 10.2 Å². The van der Waals surface area contributed by atoms with Gasteiger partial charge >= 0.3 is 12.0 Å². The van der Waals surface area contributed by atoms with Crippen molar-refractivity contribution in [2.45, 2.75) is 64.0 Å². The number of piperazine rings is 1. The van der Waals surface area contributed by atoms with Crippen LogP contribution in [0.25, 0.3) is 0 Å². The fraction of sp³-hybridized carbons (Fsp3) is 0.615. The summed E-state index contributed by atoms with van der Waals surface area (Å²) < 4.78 is 11.1. The molecule has 0 aromatic carbocycles. The molecule has 1 atom stereocenters. The van der Waals surface area contributed by atoms with Gasteiger partial charge < -0.3 is 24.6 Å². The average molecular weight is 482 g/mol. The Balaban J connectivity index is 1.70. The minimum atomic E-state index is -0.792. The first-order chi connectivity index (χ1) is 17.1. The van der Waals surface area contributed by atoms with E-state index in [1.165, 1.54) is 24.2 Å². The van der Waals surface area contributed by atoms with Crippen LogP contribution in [-0.2, 0) is 27.3 Å². The van der Waals surface area contributed by atoms with E-state index < -0.39 is 12.0 Å². The van der Waals surface area contributed by atoms with Crippen molar-refractivity contribution in [3.05, 3.63) is 35.0 Å². The highest BCUT2D eigenvalue weighted by molar-refractivity contribution is 5.85. The van der Waals surface area contributed by atoms with Crippen molar-refractivity contribution in [1.82, 2.24) is 15.2 Å². The number of aromatic nitrogens is 1. The number of carbonyl (C=O) groups is 2. The number of carbonyl (C=O) groups excluding carboxylic acids is 2. The number of fused-ring (bicyclic) bond motifs is 1. The Kier molecular flexibility index (Phi) is 8.24. The first-order valence-corrected chi connectivity index (χ1v) is 12.7. The summed E-state index contributed by atoms with van der Waals surface area (Å²) in [4.78, 5) is 34.2. The van der Waals surface area contributed by atoms with Crippen LogP contribution in [-0.4, -0.2) is 67.3 Å². The Labute approximate surface area is 207 Å². The molecular weight excluding hydrogens is 446 g/mol. The van der Waals surface area contributed by atoms with Gasteiger partial charge in [0.2, 0.25) is 0 Å². The SMILES string of the molecule is C=CCNC(=O)N1CCN(c2nc(C3CCCCC3)c3c(c2C#N)CCOC3)CC1C(=O)OCC. The van der Waals surface area contributed by atoms with E-state index in [-0.39, 0.29) is 19.2 Å². The molecule has 1 aromatic rings. The first kappa shape index (κ1) is 25.0. The molecule has 1 saturated carbocycles. The van der Waals surface area contributed by atoms with Gasteiger partial charge in [-0.1, -0.05) is 25.3 Å². The Bertz CT molecular complexity index is 998. The van der Waals surface area contributed by atoms with Gasteiger partial charge in [0.25, 0.3) is 0 Å². The first-order valence-electron chi connectivity index (χ1n) is 12.7. The third-order valence-corrected chi connectivity index (χ3v) is 7.17. The molecule has 0 radical (unpaired) electrons. The van der Waals surface area contributed by atoms with Gasteiger partial charge in [-0.25, -0.2) is 14.6 Å². The Hall–Kier alpha value is -3.12. The van der Waals surface area contributed by atoms with Gasteiger partial charge in [0.1, 0.15) is 17.9 Å². The van der Waals surface area contributed by atoms with E-state index >= 15 is 0 Å². The molecule has 1 saturated heterocycles. The molecule has 1 unspecified atom stereocenters. The number of nitrogens with one attached hydrogen (secondary N) is 1. The van der Waals surface area contributed by atoms with Gasteiger partial charge in [-0.3, -0.25) is 0 Å². The maximum atomic E-state index is 12.9. The summed E-state index contributed by atoms with van der Waals surface area (Å²) in [6, 6.07) is 1.28. The summed E-state index contributed by atoms with van der Waals surface area (Å²) in [5.41, 5.74) is 3.72. The lowest BCUT2D eigenvalue weighted by atomic mass is 9.82. The lowest BCUT2D eigenvalue weighted by Gasteiger charge is -2.41. The number of pyridine rings is 1. The van der Waals surface area contributed by atoms with Crippen LogP contribution in [0.3, 0.4) is 0 Å². The molecule has 9 heteroatoms. The zero-order valence-electron chi connectivity index (χ0n) is 20.6. The van der Waals surface area contributed by atoms with Gasteiger partial charge in [0.15, 0.2) is 0 Å². The van der Waals surface area contributed by atoms with Crippen LogP contribution in [0, 0.1) is 11.3 Å². The molecule has 2 fully saturated rings. The maximum absolute atomic E-state index is 12.9. The zero-order chi connectivity index (χ0) is 24.8. The highest BCUT2D eigenvalue weighted by Gasteiger charge is 2.38. The van der Waals surface area contributed by atoms with Crippen molar-refractivity contribution < 1.29 is 19.1 Å². The van der Waals surface area contributed by atoms with Gasteiger partial charge in [-0.15, -0.1) is 6.58 Å². The lowest BCUT2D eigenvalue weighted by Crippen LogP contribution is -2.61. The third-order valence-electron chi connectivity index (χ3n) is 7.17. The van der Waals surface area contributed by atoms with E-state index in [4.69, 9.17) is 14.5 Å². The number of urea groups is 1. The summed E-state index contributed by atoms with van der Waals surface area (Å²) in [6.07, 6.45) is 8.07. The molecule has 3 heterocycles. The number of anilines is 1. The van der Waals surface area contributed by atoms with E-state index in [1.54, 1.807) is 13.0 Å². The summed E-state index contributed by atoms with van der Waals surface area (Å²) in [6.45, 7) is 8.00. The predicted molar refractivity (Wildman–Crippen MR) is 131 cm³/mol. The molecule has 1 N–H and O–H groups in total. The smallest absolute Gasteiger partial charge is 0.330 e. The second-order valence-electron chi connectivity index (χ2n) is 9.28. The number of rotatable bonds is 6. The Morgan fingerprint density at radius 1 is 1.29 bits per heavy atom. The number of nitriles is 1. The molecule has 0 bridgehead atoms. The van der Waals surface area contributed by atoms with E-state index in [2.05, 4.69) is 18.0 Å². The molecule has 1 aliphatic carbocycles. The summed E-state index contributed by atoms with van der Waals surface area (Å²) in [5.74, 6) is 0.523. The van der Waals surface area contributed by atoms with Gasteiger partial charge in [-0.05, 0) is 31.7 Å². The van der Waals surface area contributed by atoms with Gasteiger partial charge in [0.05, 0.1) is 37.6 Å². The van der Waals surface area contributed by atoms with E-state index in [0.717, 1.165) is 29.7 Å². The molecule has 9 nitrogen and oxygen atoms in total. The molecule has 1 aromatic heterocycles. The number of hydrogen-bond donors (Lipinski definition) is 1. The highest BCUT2D eigenvalue weighted by Crippen LogP contribution is 2.39. The van der Waals surface area contributed by atoms with Crippen LogP contribution in [0.5, 0.6) is 0 Å². The molecule has 188 valence electrons. The largest absolute Gasteiger partial charge is 0.464 e. The monoisotopic (exact) mass is 481 g/mol. The van der Waals surface area contributed by atoms with E-state index in [0.29, 0.717) is 56.6 Å². The fourth-order valence-corrected chi connectivity index (χ4v) is 5.44. The zero-order valence-corrected chi connectivity index (χ0v) is 20.6. The van der Waals surface area contributed by atoms with E-state index in [1.807, 2.05) is 4.90 Å². The van der Waals surface area contributed by atoms with Crippen molar-refractivity contribution >= 4 is 17.8 Å². The van der Waals surface area contributed by atoms with Crippen molar-refractivity contribution in [3.8, 4) is 6.07 Å². The number of hydrogen-bond acceptors (Lipinski definition) is 7. The minimum Gasteiger partial charge on any atom is -0.464 e. The molecule has 4 rings (SSSR count). The summed E-state index contributed by atoms with van der Waals surface area (Å²) in [7, 11) is 0. The number of ether oxygens (including phenoxy) is 2. The molecule has 2 aliphatic heterocycles. The second-order valence-corrected chi connectivity index (χ2v) is 9.28. The number of esters is 1. The molecule has 35 heavy (non-hydrogen) atoms. The standard InChI is InChI=1S/C26H35N5O4/c1-3-11-28-26(33)31-13-12-30(16-22(31)25(32)35-4-2)24-20(15-27)19-10-14-34-17-21(19)23(29-24)18-8-6-5-7-9-18/h3,18,22H,1,4-14,16-17H2,2H3,(H,28,33). The quantitative estimate of drug-likeness (QED) is 0.491. The van der Waals surface area contributed by atoms with Crippen molar-refractivity contribution in [3.63, 3.8) is 0 Å². The minimum absolute atomic E-state index is 0.224. The number of nitrogens with zero attached hydrogens (tertiary/aromatic N) is 4. The highest BCUT2D eigenvalue weighted by atomic mass is 16.5. The normalized spacial score (nSPS) is 20.5. The van der Waals surface area contributed by atoms with Crippen LogP contribution in [0.1, 0.15) is 67.3 Å². The molecule has 3 aliphatic rings. The maximum Gasteiger partial charge on any atom is 0.330 e. The van der Waals surface area contributed by atoms with Crippen molar-refractivity contribution in [2.24, 2.45) is 0 Å². The topological polar surface area (TPSA) is 108 Å².